The van der Waals surface area contributed by atoms with Crippen LogP contribution in [-0.2, 0) is 4.74 Å². The van der Waals surface area contributed by atoms with E-state index in [1.54, 1.807) is 0 Å². The van der Waals surface area contributed by atoms with Crippen LogP contribution in [0.4, 0.5) is 0 Å². The minimum atomic E-state index is 0.461. The quantitative estimate of drug-likeness (QED) is 0.474. The zero-order chi connectivity index (χ0) is 7.40. The molecule has 0 aromatic carbocycles. The lowest BCUT2D eigenvalue weighted by Crippen LogP contribution is -2.20. The van der Waals surface area contributed by atoms with E-state index in [-0.39, 0.29) is 0 Å². The molecule has 0 saturated heterocycles. The summed E-state index contributed by atoms with van der Waals surface area (Å²) in [6, 6.07) is 0. The summed E-state index contributed by atoms with van der Waals surface area (Å²) < 4.78 is 5.34. The van der Waals surface area contributed by atoms with Gasteiger partial charge in [0.1, 0.15) is 0 Å². The molecule has 2 atom stereocenters. The zero-order valence-corrected chi connectivity index (χ0v) is 8.06. The van der Waals surface area contributed by atoms with Crippen LogP contribution in [0.5, 0.6) is 0 Å². The van der Waals surface area contributed by atoms with Crippen LogP contribution in [0.2, 0.25) is 0 Å². The Labute approximate surface area is 71.3 Å². The summed E-state index contributed by atoms with van der Waals surface area (Å²) >= 11 is 3.64. The van der Waals surface area contributed by atoms with Crippen LogP contribution in [0.1, 0.15) is 32.1 Å². The molecule has 0 N–H and O–H groups in total. The van der Waals surface area contributed by atoms with Crippen molar-refractivity contribution in [3.8, 4) is 0 Å². The van der Waals surface area contributed by atoms with E-state index in [1.807, 2.05) is 7.11 Å². The largest absolute Gasteiger partial charge is 0.380 e. The highest BCUT2D eigenvalue weighted by molar-refractivity contribution is 9.09. The van der Waals surface area contributed by atoms with E-state index < -0.39 is 0 Å². The van der Waals surface area contributed by atoms with Crippen LogP contribution in [0.15, 0.2) is 0 Å². The number of hydrogen-bond donors (Lipinski definition) is 0. The summed E-state index contributed by atoms with van der Waals surface area (Å²) in [6.45, 7) is 0. The third-order valence-corrected chi connectivity index (χ3v) is 3.22. The Morgan fingerprint density at radius 1 is 1.20 bits per heavy atom. The molecule has 0 amide bonds. The van der Waals surface area contributed by atoms with Crippen LogP contribution in [0.25, 0.3) is 0 Å². The fourth-order valence-electron chi connectivity index (χ4n) is 1.49. The van der Waals surface area contributed by atoms with Crippen molar-refractivity contribution >= 4 is 15.9 Å². The summed E-state index contributed by atoms with van der Waals surface area (Å²) in [5.41, 5.74) is 0. The van der Waals surface area contributed by atoms with Crippen LogP contribution < -0.4 is 0 Å². The topological polar surface area (TPSA) is 9.23 Å². The first-order valence-electron chi connectivity index (χ1n) is 4.01. The highest BCUT2D eigenvalue weighted by atomic mass is 79.9. The van der Waals surface area contributed by atoms with Crippen molar-refractivity contribution in [1.82, 2.24) is 0 Å². The zero-order valence-electron chi connectivity index (χ0n) is 6.48. The highest BCUT2D eigenvalue weighted by Gasteiger charge is 2.19. The van der Waals surface area contributed by atoms with Gasteiger partial charge in [-0.15, -0.1) is 0 Å². The SMILES string of the molecule is COC1CCCCCC1Br. The Morgan fingerprint density at radius 3 is 2.60 bits per heavy atom. The molecule has 10 heavy (non-hydrogen) atoms. The smallest absolute Gasteiger partial charge is 0.0696 e. The Kier molecular flexibility index (Phi) is 3.71. The molecule has 0 aliphatic heterocycles. The second-order valence-electron chi connectivity index (χ2n) is 2.93. The first-order valence-corrected chi connectivity index (χ1v) is 4.93. The Bertz CT molecular complexity index is 95.3. The average Bonchev–Trinajstić information content (AvgIpc) is 2.13. The second kappa shape index (κ2) is 4.35. The molecular formula is C8H15BrO. The Morgan fingerprint density at radius 2 is 1.90 bits per heavy atom. The van der Waals surface area contributed by atoms with Gasteiger partial charge in [0, 0.05) is 11.9 Å². The van der Waals surface area contributed by atoms with Gasteiger partial charge in [0.15, 0.2) is 0 Å². The van der Waals surface area contributed by atoms with Crippen LogP contribution >= 0.6 is 15.9 Å². The number of hydrogen-bond acceptors (Lipinski definition) is 1. The lowest BCUT2D eigenvalue weighted by Gasteiger charge is -2.17. The maximum atomic E-state index is 5.34. The predicted octanol–water partition coefficient (Wildman–Crippen LogP) is 2.73. The fourth-order valence-corrected chi connectivity index (χ4v) is 2.30. The highest BCUT2D eigenvalue weighted by Crippen LogP contribution is 2.25. The Hall–Kier alpha value is 0.440. The van der Waals surface area contributed by atoms with E-state index in [0.29, 0.717) is 10.9 Å². The average molecular weight is 207 g/mol. The van der Waals surface area contributed by atoms with Gasteiger partial charge in [-0.25, -0.2) is 0 Å². The Balaban J connectivity index is 2.35. The fraction of sp³-hybridized carbons (Fsp3) is 1.00. The van der Waals surface area contributed by atoms with Gasteiger partial charge < -0.3 is 4.74 Å². The molecule has 0 bridgehead atoms. The van der Waals surface area contributed by atoms with Crippen molar-refractivity contribution in [2.24, 2.45) is 0 Å². The molecule has 0 radical (unpaired) electrons. The summed E-state index contributed by atoms with van der Waals surface area (Å²) in [7, 11) is 1.81. The minimum Gasteiger partial charge on any atom is -0.380 e. The monoisotopic (exact) mass is 206 g/mol. The number of halogens is 1. The van der Waals surface area contributed by atoms with Gasteiger partial charge in [-0.05, 0) is 12.8 Å². The van der Waals surface area contributed by atoms with Crippen molar-refractivity contribution in [3.63, 3.8) is 0 Å². The molecule has 60 valence electrons. The van der Waals surface area contributed by atoms with Crippen molar-refractivity contribution in [1.29, 1.82) is 0 Å². The molecular weight excluding hydrogens is 192 g/mol. The lowest BCUT2D eigenvalue weighted by atomic mass is 10.1. The molecule has 0 spiro atoms. The molecule has 1 saturated carbocycles. The van der Waals surface area contributed by atoms with E-state index in [1.165, 1.54) is 32.1 Å². The number of rotatable bonds is 1. The van der Waals surface area contributed by atoms with E-state index >= 15 is 0 Å². The second-order valence-corrected chi connectivity index (χ2v) is 4.10. The van der Waals surface area contributed by atoms with Gasteiger partial charge >= 0.3 is 0 Å². The molecule has 0 aromatic rings. The molecule has 1 nitrogen and oxygen atoms in total. The molecule has 1 fully saturated rings. The van der Waals surface area contributed by atoms with Crippen molar-refractivity contribution in [2.75, 3.05) is 7.11 Å². The first-order chi connectivity index (χ1) is 4.84. The molecule has 1 aliphatic carbocycles. The third kappa shape index (κ3) is 2.24. The maximum absolute atomic E-state index is 5.34. The lowest BCUT2D eigenvalue weighted by molar-refractivity contribution is 0.0962. The summed E-state index contributed by atoms with van der Waals surface area (Å²) in [5.74, 6) is 0. The van der Waals surface area contributed by atoms with E-state index in [2.05, 4.69) is 15.9 Å². The third-order valence-electron chi connectivity index (χ3n) is 2.17. The van der Waals surface area contributed by atoms with Crippen molar-refractivity contribution in [3.05, 3.63) is 0 Å². The number of alkyl halides is 1. The van der Waals surface area contributed by atoms with Gasteiger partial charge in [0.2, 0.25) is 0 Å². The van der Waals surface area contributed by atoms with Gasteiger partial charge in [-0.1, -0.05) is 35.2 Å². The maximum Gasteiger partial charge on any atom is 0.0696 e. The molecule has 0 aromatic heterocycles. The molecule has 1 aliphatic rings. The number of ether oxygens (including phenoxy) is 1. The molecule has 2 unspecified atom stereocenters. The molecule has 0 heterocycles. The predicted molar refractivity (Wildman–Crippen MR) is 46.6 cm³/mol. The van der Waals surface area contributed by atoms with Crippen molar-refractivity contribution in [2.45, 2.75) is 43.0 Å². The summed E-state index contributed by atoms with van der Waals surface area (Å²) in [6.07, 6.45) is 7.03. The van der Waals surface area contributed by atoms with Crippen molar-refractivity contribution < 1.29 is 4.74 Å². The number of methoxy groups -OCH3 is 1. The summed E-state index contributed by atoms with van der Waals surface area (Å²) in [4.78, 5) is 0.597. The normalized spacial score (nSPS) is 35.4. The van der Waals surface area contributed by atoms with Crippen LogP contribution in [0, 0.1) is 0 Å². The van der Waals surface area contributed by atoms with Gasteiger partial charge in [0.25, 0.3) is 0 Å². The summed E-state index contributed by atoms with van der Waals surface area (Å²) in [5, 5.41) is 0. The van der Waals surface area contributed by atoms with E-state index in [4.69, 9.17) is 4.74 Å². The van der Waals surface area contributed by atoms with Gasteiger partial charge in [-0.3, -0.25) is 0 Å². The molecule has 2 heteroatoms. The standard InChI is InChI=1S/C8H15BrO/c1-10-8-6-4-2-3-5-7(8)9/h7-8H,2-6H2,1H3. The van der Waals surface area contributed by atoms with Gasteiger partial charge in [-0.2, -0.15) is 0 Å². The van der Waals surface area contributed by atoms with Crippen LogP contribution in [-0.4, -0.2) is 18.0 Å². The van der Waals surface area contributed by atoms with Crippen LogP contribution in [0.3, 0.4) is 0 Å². The molecule has 1 rings (SSSR count). The first kappa shape index (κ1) is 8.54. The van der Waals surface area contributed by atoms with E-state index in [9.17, 15) is 0 Å². The van der Waals surface area contributed by atoms with E-state index in [0.717, 1.165) is 0 Å². The minimum absolute atomic E-state index is 0.461. The van der Waals surface area contributed by atoms with Gasteiger partial charge in [0.05, 0.1) is 6.10 Å².